The molecule has 0 N–H and O–H groups in total. The summed E-state index contributed by atoms with van der Waals surface area (Å²) in [5.74, 6) is 0.944. The quantitative estimate of drug-likeness (QED) is 0.864. The van der Waals surface area contributed by atoms with Gasteiger partial charge in [-0.15, -0.1) is 0 Å². The first-order chi connectivity index (χ1) is 12.3. The van der Waals surface area contributed by atoms with Crippen LogP contribution in [-0.4, -0.2) is 52.9 Å². The lowest BCUT2D eigenvalue weighted by Crippen LogP contribution is -2.35. The standard InChI is InChI=1S/C19H22N4O2/c1-25-15-6-8-18(20-12-15)23-13-21-16-11-14(5-7-17(16)23)19(24)22-9-3-2-4-10-22/h5,7-8,11-13,15H,2-4,6,9-10H2,1H3. The van der Waals surface area contributed by atoms with Crippen molar-refractivity contribution in [2.24, 2.45) is 4.99 Å². The molecule has 1 saturated heterocycles. The molecule has 2 aliphatic rings. The van der Waals surface area contributed by atoms with E-state index in [0.717, 1.165) is 49.2 Å². The van der Waals surface area contributed by atoms with Crippen LogP contribution in [0.15, 0.2) is 35.6 Å². The number of benzene rings is 1. The van der Waals surface area contributed by atoms with Crippen molar-refractivity contribution in [2.45, 2.75) is 31.8 Å². The molecular weight excluding hydrogens is 316 g/mol. The summed E-state index contributed by atoms with van der Waals surface area (Å²) in [6, 6.07) is 5.73. The topological polar surface area (TPSA) is 59.7 Å². The van der Waals surface area contributed by atoms with Gasteiger partial charge in [-0.2, -0.15) is 0 Å². The molecule has 2 aromatic rings. The number of piperidine rings is 1. The van der Waals surface area contributed by atoms with Crippen LogP contribution in [0.2, 0.25) is 0 Å². The molecule has 1 unspecified atom stereocenters. The van der Waals surface area contributed by atoms with Crippen LogP contribution in [0, 0.1) is 0 Å². The highest BCUT2D eigenvalue weighted by atomic mass is 16.5. The maximum atomic E-state index is 12.7. The summed E-state index contributed by atoms with van der Waals surface area (Å²) < 4.78 is 7.23. The molecule has 0 bridgehead atoms. The zero-order valence-electron chi connectivity index (χ0n) is 14.4. The number of nitrogens with zero attached hydrogens (tertiary/aromatic N) is 4. The Morgan fingerprint density at radius 1 is 1.24 bits per heavy atom. The van der Waals surface area contributed by atoms with Gasteiger partial charge in [-0.05, 0) is 43.5 Å². The monoisotopic (exact) mass is 338 g/mol. The molecule has 0 spiro atoms. The number of rotatable bonds is 3. The number of carbonyl (C=O) groups excluding carboxylic acids is 1. The van der Waals surface area contributed by atoms with Gasteiger partial charge >= 0.3 is 0 Å². The van der Waals surface area contributed by atoms with E-state index in [4.69, 9.17) is 4.74 Å². The largest absolute Gasteiger partial charge is 0.375 e. The Bertz CT molecular complexity index is 846. The molecule has 0 saturated carbocycles. The Morgan fingerprint density at radius 2 is 2.08 bits per heavy atom. The van der Waals surface area contributed by atoms with Crippen molar-refractivity contribution < 1.29 is 9.53 Å². The highest BCUT2D eigenvalue weighted by molar-refractivity contribution is 5.97. The summed E-state index contributed by atoms with van der Waals surface area (Å²) in [6.07, 6.45) is 9.85. The minimum Gasteiger partial charge on any atom is -0.375 e. The average molecular weight is 338 g/mol. The van der Waals surface area contributed by atoms with E-state index >= 15 is 0 Å². The second-order valence-corrected chi connectivity index (χ2v) is 6.52. The number of fused-ring (bicyclic) bond motifs is 1. The van der Waals surface area contributed by atoms with Gasteiger partial charge in [0.15, 0.2) is 0 Å². The second-order valence-electron chi connectivity index (χ2n) is 6.52. The molecule has 25 heavy (non-hydrogen) atoms. The molecule has 6 nitrogen and oxygen atoms in total. The van der Waals surface area contributed by atoms with Crippen LogP contribution in [0.5, 0.6) is 0 Å². The van der Waals surface area contributed by atoms with Crippen molar-refractivity contribution in [1.82, 2.24) is 14.5 Å². The normalized spacial score (nSPS) is 20.8. The number of aliphatic imine (C=N–C) groups is 1. The van der Waals surface area contributed by atoms with Crippen LogP contribution >= 0.6 is 0 Å². The van der Waals surface area contributed by atoms with Crippen LogP contribution in [0.4, 0.5) is 0 Å². The first kappa shape index (κ1) is 16.0. The summed E-state index contributed by atoms with van der Waals surface area (Å²) in [6.45, 7) is 1.71. The van der Waals surface area contributed by atoms with Gasteiger partial charge in [-0.25, -0.2) is 9.98 Å². The number of imidazole rings is 1. The molecule has 6 heteroatoms. The molecule has 1 atom stereocenters. The highest BCUT2D eigenvalue weighted by Crippen LogP contribution is 2.23. The number of aromatic nitrogens is 2. The highest BCUT2D eigenvalue weighted by Gasteiger charge is 2.19. The average Bonchev–Trinajstić information content (AvgIpc) is 3.11. The second kappa shape index (κ2) is 6.80. The Balaban J connectivity index is 1.60. The van der Waals surface area contributed by atoms with E-state index in [-0.39, 0.29) is 12.0 Å². The third kappa shape index (κ3) is 3.09. The predicted molar refractivity (Wildman–Crippen MR) is 97.7 cm³/mol. The molecule has 2 aliphatic heterocycles. The third-order valence-electron chi connectivity index (χ3n) is 4.89. The SMILES string of the molecule is COC1C=NC(n2cnc3cc(C(=O)N4CCCCC4)ccc32)=CC1. The fourth-order valence-corrected chi connectivity index (χ4v) is 3.42. The number of methoxy groups -OCH3 is 1. The summed E-state index contributed by atoms with van der Waals surface area (Å²) in [5.41, 5.74) is 2.47. The fraction of sp³-hybridized carbons (Fsp3) is 0.421. The van der Waals surface area contributed by atoms with E-state index < -0.39 is 0 Å². The number of amides is 1. The van der Waals surface area contributed by atoms with Gasteiger partial charge in [-0.1, -0.05) is 0 Å². The van der Waals surface area contributed by atoms with E-state index in [2.05, 4.69) is 9.98 Å². The smallest absolute Gasteiger partial charge is 0.253 e. The lowest BCUT2D eigenvalue weighted by Gasteiger charge is -2.26. The van der Waals surface area contributed by atoms with Crippen LogP contribution < -0.4 is 0 Å². The number of carbonyl (C=O) groups is 1. The van der Waals surface area contributed by atoms with Crippen molar-refractivity contribution in [3.05, 3.63) is 36.2 Å². The lowest BCUT2D eigenvalue weighted by atomic mass is 10.1. The van der Waals surface area contributed by atoms with Gasteiger partial charge in [0.2, 0.25) is 0 Å². The molecule has 1 fully saturated rings. The van der Waals surface area contributed by atoms with E-state index in [1.54, 1.807) is 13.4 Å². The van der Waals surface area contributed by atoms with Gasteiger partial charge < -0.3 is 9.64 Å². The molecule has 0 radical (unpaired) electrons. The van der Waals surface area contributed by atoms with Gasteiger partial charge in [-0.3, -0.25) is 9.36 Å². The van der Waals surface area contributed by atoms with E-state index in [9.17, 15) is 4.79 Å². The first-order valence-electron chi connectivity index (χ1n) is 8.80. The van der Waals surface area contributed by atoms with Crippen LogP contribution in [0.1, 0.15) is 36.0 Å². The van der Waals surface area contributed by atoms with E-state index in [0.29, 0.717) is 5.56 Å². The first-order valence-corrected chi connectivity index (χ1v) is 8.80. The minimum atomic E-state index is 0.0345. The molecule has 1 amide bonds. The van der Waals surface area contributed by atoms with E-state index in [1.165, 1.54) is 6.42 Å². The minimum absolute atomic E-state index is 0.0345. The maximum absolute atomic E-state index is 12.7. The van der Waals surface area contributed by atoms with Crippen molar-refractivity contribution >= 4 is 29.0 Å². The van der Waals surface area contributed by atoms with Gasteiger partial charge in [0.25, 0.3) is 5.91 Å². The zero-order chi connectivity index (χ0) is 17.2. The predicted octanol–water partition coefficient (Wildman–Crippen LogP) is 2.95. The van der Waals surface area contributed by atoms with Crippen molar-refractivity contribution in [3.63, 3.8) is 0 Å². The summed E-state index contributed by atoms with van der Waals surface area (Å²) >= 11 is 0. The van der Waals surface area contributed by atoms with E-state index in [1.807, 2.05) is 40.0 Å². The molecular formula is C19H22N4O2. The number of ether oxygens (including phenoxy) is 1. The molecule has 4 rings (SSSR count). The molecule has 130 valence electrons. The Hall–Kier alpha value is -2.47. The molecule has 0 aliphatic carbocycles. The van der Waals surface area contributed by atoms with Crippen LogP contribution in [0.3, 0.4) is 0 Å². The number of likely N-dealkylation sites (tertiary alicyclic amines) is 1. The maximum Gasteiger partial charge on any atom is 0.253 e. The summed E-state index contributed by atoms with van der Waals surface area (Å²) in [5, 5.41) is 0. The Morgan fingerprint density at radius 3 is 2.80 bits per heavy atom. The number of hydrogen-bond donors (Lipinski definition) is 0. The third-order valence-corrected chi connectivity index (χ3v) is 4.89. The summed E-state index contributed by atoms with van der Waals surface area (Å²) in [4.78, 5) is 23.5. The van der Waals surface area contributed by atoms with Crippen molar-refractivity contribution in [3.8, 4) is 0 Å². The van der Waals surface area contributed by atoms with Gasteiger partial charge in [0.05, 0.1) is 17.1 Å². The van der Waals surface area contributed by atoms with Crippen molar-refractivity contribution in [1.29, 1.82) is 0 Å². The summed E-state index contributed by atoms with van der Waals surface area (Å²) in [7, 11) is 1.68. The van der Waals surface area contributed by atoms with Crippen LogP contribution in [0.25, 0.3) is 16.9 Å². The molecule has 1 aromatic carbocycles. The Labute approximate surface area is 146 Å². The Kier molecular flexibility index (Phi) is 4.36. The molecule has 3 heterocycles. The van der Waals surface area contributed by atoms with Crippen LogP contribution in [-0.2, 0) is 4.74 Å². The zero-order valence-corrected chi connectivity index (χ0v) is 14.4. The lowest BCUT2D eigenvalue weighted by molar-refractivity contribution is 0.0724. The molecule has 1 aromatic heterocycles. The van der Waals surface area contributed by atoms with Gasteiger partial charge in [0.1, 0.15) is 12.1 Å². The number of hydrogen-bond acceptors (Lipinski definition) is 4. The fourth-order valence-electron chi connectivity index (χ4n) is 3.42. The van der Waals surface area contributed by atoms with Crippen molar-refractivity contribution in [2.75, 3.05) is 20.2 Å². The van der Waals surface area contributed by atoms with Gasteiger partial charge in [0, 0.05) is 38.4 Å².